The maximum atomic E-state index is 13.3. The predicted octanol–water partition coefficient (Wildman–Crippen LogP) is 4.08. The van der Waals surface area contributed by atoms with Crippen LogP contribution in [0, 0.1) is 0 Å². The number of rotatable bonds is 6. The van der Waals surface area contributed by atoms with E-state index in [0.717, 1.165) is 0 Å². The number of ether oxygens (including phenoxy) is 3. The Morgan fingerprint density at radius 1 is 1.10 bits per heavy atom. The van der Waals surface area contributed by atoms with E-state index in [2.05, 4.69) is 10.2 Å². The summed E-state index contributed by atoms with van der Waals surface area (Å²) in [6, 6.07) is 8.81. The first-order valence-corrected chi connectivity index (χ1v) is 13.8. The standard InChI is InChI=1S/C28H30Cl2N4O6/c1-4-38-27(36)24-21(32(3)28(37)31-25(24)19-7-6-18(29)12-20(19)30)14-33-9-10-34(16(2)13-33)26(35)17-5-8-22-23(11-17)40-15-39-22/h5-8,11-12,16,25H,4,9-10,13-15H2,1-3H3,(H,31,37). The van der Waals surface area contributed by atoms with Crippen LogP contribution in [-0.2, 0) is 9.53 Å². The number of esters is 1. The van der Waals surface area contributed by atoms with Crippen molar-refractivity contribution in [1.29, 1.82) is 0 Å². The molecule has 3 amide bonds. The Bertz CT molecular complexity index is 1380. The van der Waals surface area contributed by atoms with Crippen molar-refractivity contribution < 1.29 is 28.6 Å². The lowest BCUT2D eigenvalue weighted by Crippen LogP contribution is -2.56. The second kappa shape index (κ2) is 11.6. The third-order valence-corrected chi connectivity index (χ3v) is 7.87. The molecule has 40 heavy (non-hydrogen) atoms. The summed E-state index contributed by atoms with van der Waals surface area (Å²) in [5, 5.41) is 3.64. The van der Waals surface area contributed by atoms with E-state index in [1.807, 2.05) is 11.8 Å². The monoisotopic (exact) mass is 588 g/mol. The van der Waals surface area contributed by atoms with Crippen molar-refractivity contribution in [3.63, 3.8) is 0 Å². The minimum absolute atomic E-state index is 0.0940. The van der Waals surface area contributed by atoms with Crippen molar-refractivity contribution in [3.8, 4) is 11.5 Å². The number of fused-ring (bicyclic) bond motifs is 1. The molecule has 12 heteroatoms. The number of benzene rings is 2. The van der Waals surface area contributed by atoms with Crippen molar-refractivity contribution in [2.75, 3.05) is 46.6 Å². The van der Waals surface area contributed by atoms with Crippen molar-refractivity contribution in [2.45, 2.75) is 25.9 Å². The van der Waals surface area contributed by atoms with Gasteiger partial charge in [0.25, 0.3) is 5.91 Å². The summed E-state index contributed by atoms with van der Waals surface area (Å²) in [5.41, 5.74) is 1.89. The summed E-state index contributed by atoms with van der Waals surface area (Å²) < 4.78 is 16.2. The van der Waals surface area contributed by atoms with Crippen LogP contribution in [0.1, 0.15) is 35.8 Å². The Morgan fingerprint density at radius 2 is 1.88 bits per heavy atom. The van der Waals surface area contributed by atoms with Crippen LogP contribution in [0.25, 0.3) is 0 Å². The molecule has 212 valence electrons. The number of hydrogen-bond acceptors (Lipinski definition) is 7. The number of piperazine rings is 1. The van der Waals surface area contributed by atoms with Crippen LogP contribution in [-0.4, -0.2) is 85.3 Å². The van der Waals surface area contributed by atoms with Gasteiger partial charge < -0.3 is 24.4 Å². The number of carbonyl (C=O) groups is 3. The quantitative estimate of drug-likeness (QED) is 0.507. The van der Waals surface area contributed by atoms with Gasteiger partial charge in [0, 0.05) is 60.6 Å². The molecule has 2 unspecified atom stereocenters. The van der Waals surface area contributed by atoms with Crippen LogP contribution in [0.2, 0.25) is 10.0 Å². The molecule has 0 aliphatic carbocycles. The summed E-state index contributed by atoms with van der Waals surface area (Å²) in [5.74, 6) is 0.553. The fourth-order valence-electron chi connectivity index (χ4n) is 5.25. The fraction of sp³-hybridized carbons (Fsp3) is 0.393. The summed E-state index contributed by atoms with van der Waals surface area (Å²) in [6.45, 7) is 5.88. The van der Waals surface area contributed by atoms with E-state index < -0.39 is 12.0 Å². The van der Waals surface area contributed by atoms with Gasteiger partial charge in [-0.25, -0.2) is 9.59 Å². The van der Waals surface area contributed by atoms with Gasteiger partial charge in [-0.3, -0.25) is 14.6 Å². The van der Waals surface area contributed by atoms with Crippen LogP contribution in [0.5, 0.6) is 11.5 Å². The topological polar surface area (TPSA) is 101 Å². The number of amides is 3. The Hall–Kier alpha value is -3.47. The second-order valence-electron chi connectivity index (χ2n) is 9.84. The average molecular weight is 589 g/mol. The minimum Gasteiger partial charge on any atom is -0.463 e. The van der Waals surface area contributed by atoms with E-state index in [9.17, 15) is 14.4 Å². The smallest absolute Gasteiger partial charge is 0.338 e. The van der Waals surface area contributed by atoms with E-state index >= 15 is 0 Å². The second-order valence-corrected chi connectivity index (χ2v) is 10.7. The lowest BCUT2D eigenvalue weighted by molar-refractivity contribution is -0.139. The van der Waals surface area contributed by atoms with Crippen LogP contribution >= 0.6 is 23.2 Å². The van der Waals surface area contributed by atoms with Crippen molar-refractivity contribution in [2.24, 2.45) is 0 Å². The van der Waals surface area contributed by atoms with Gasteiger partial charge in [0.1, 0.15) is 0 Å². The third kappa shape index (κ3) is 5.43. The molecule has 0 bridgehead atoms. The molecule has 2 atom stereocenters. The maximum Gasteiger partial charge on any atom is 0.338 e. The summed E-state index contributed by atoms with van der Waals surface area (Å²) in [4.78, 5) is 45.0. The Balaban J connectivity index is 1.39. The van der Waals surface area contributed by atoms with Crippen LogP contribution in [0.4, 0.5) is 4.79 Å². The zero-order valence-corrected chi connectivity index (χ0v) is 23.9. The fourth-order valence-corrected chi connectivity index (χ4v) is 5.77. The molecule has 3 aliphatic heterocycles. The highest BCUT2D eigenvalue weighted by atomic mass is 35.5. The van der Waals surface area contributed by atoms with Gasteiger partial charge in [-0.1, -0.05) is 29.3 Å². The van der Waals surface area contributed by atoms with E-state index in [4.69, 9.17) is 37.4 Å². The molecule has 1 fully saturated rings. The molecule has 0 saturated carbocycles. The predicted molar refractivity (Wildman–Crippen MR) is 149 cm³/mol. The zero-order chi connectivity index (χ0) is 28.6. The van der Waals surface area contributed by atoms with E-state index in [1.165, 1.54) is 4.90 Å². The van der Waals surface area contributed by atoms with Crippen LogP contribution in [0.3, 0.4) is 0 Å². The molecule has 5 rings (SSSR count). The molecule has 2 aromatic rings. The van der Waals surface area contributed by atoms with Gasteiger partial charge in [0.05, 0.1) is 18.2 Å². The number of hydrogen-bond donors (Lipinski definition) is 1. The lowest BCUT2D eigenvalue weighted by Gasteiger charge is -2.42. The van der Waals surface area contributed by atoms with Gasteiger partial charge in [-0.15, -0.1) is 0 Å². The van der Waals surface area contributed by atoms with Gasteiger partial charge in [-0.2, -0.15) is 0 Å². The Labute approximate surface area is 242 Å². The number of likely N-dealkylation sites (N-methyl/N-ethyl adjacent to an activating group) is 1. The highest BCUT2D eigenvalue weighted by Crippen LogP contribution is 2.36. The molecule has 3 heterocycles. The first kappa shape index (κ1) is 28.1. The lowest BCUT2D eigenvalue weighted by atomic mass is 9.94. The first-order chi connectivity index (χ1) is 19.2. The van der Waals surface area contributed by atoms with Gasteiger partial charge in [0.15, 0.2) is 11.5 Å². The number of carbonyl (C=O) groups excluding carboxylic acids is 3. The van der Waals surface area contributed by atoms with Crippen molar-refractivity contribution in [3.05, 3.63) is 68.8 Å². The maximum absolute atomic E-state index is 13.3. The number of nitrogens with zero attached hydrogens (tertiary/aromatic N) is 3. The molecule has 3 aliphatic rings. The van der Waals surface area contributed by atoms with Crippen molar-refractivity contribution >= 4 is 41.1 Å². The molecular formula is C28H30Cl2N4O6. The van der Waals surface area contributed by atoms with Crippen molar-refractivity contribution in [1.82, 2.24) is 20.0 Å². The number of halogens is 2. The normalized spacial score (nSPS) is 21.0. The number of urea groups is 1. The first-order valence-electron chi connectivity index (χ1n) is 13.0. The Morgan fingerprint density at radius 3 is 2.60 bits per heavy atom. The molecule has 2 aromatic carbocycles. The highest BCUT2D eigenvalue weighted by molar-refractivity contribution is 6.35. The molecule has 0 radical (unpaired) electrons. The third-order valence-electron chi connectivity index (χ3n) is 7.31. The van der Waals surface area contributed by atoms with Gasteiger partial charge >= 0.3 is 12.0 Å². The molecule has 0 spiro atoms. The Kier molecular flexibility index (Phi) is 8.11. The van der Waals surface area contributed by atoms with E-state index in [1.54, 1.807) is 50.4 Å². The summed E-state index contributed by atoms with van der Waals surface area (Å²) >= 11 is 12.6. The van der Waals surface area contributed by atoms with Crippen LogP contribution < -0.4 is 14.8 Å². The van der Waals surface area contributed by atoms with Gasteiger partial charge in [-0.05, 0) is 49.7 Å². The molecule has 10 nitrogen and oxygen atoms in total. The average Bonchev–Trinajstić information content (AvgIpc) is 3.39. The summed E-state index contributed by atoms with van der Waals surface area (Å²) in [6.07, 6.45) is 0. The molecular weight excluding hydrogens is 559 g/mol. The molecule has 0 aromatic heterocycles. The van der Waals surface area contributed by atoms with E-state index in [0.29, 0.717) is 70.1 Å². The SMILES string of the molecule is CCOC(=O)C1=C(CN2CCN(C(=O)c3ccc4c(c3)OCO4)C(C)C2)N(C)C(=O)NC1c1ccc(Cl)cc1Cl. The van der Waals surface area contributed by atoms with E-state index in [-0.39, 0.29) is 31.4 Å². The molecule has 1 saturated heterocycles. The number of nitrogens with one attached hydrogen (secondary N) is 1. The van der Waals surface area contributed by atoms with Gasteiger partial charge in [0.2, 0.25) is 6.79 Å². The summed E-state index contributed by atoms with van der Waals surface area (Å²) in [7, 11) is 1.62. The minimum atomic E-state index is -0.811. The largest absolute Gasteiger partial charge is 0.463 e. The highest BCUT2D eigenvalue weighted by Gasteiger charge is 2.39. The molecule has 1 N–H and O–H groups in total. The zero-order valence-electron chi connectivity index (χ0n) is 22.4. The van der Waals surface area contributed by atoms with Crippen LogP contribution in [0.15, 0.2) is 47.7 Å².